The molecule has 0 atom stereocenters. The molecular weight excluding hydrogens is 264 g/mol. The molecule has 0 aliphatic carbocycles. The van der Waals surface area contributed by atoms with E-state index >= 15 is 0 Å². The monoisotopic (exact) mass is 300 g/mol. The molecular formula is C18H36O3. The molecule has 0 aromatic heterocycles. The fraction of sp³-hybridized carbons (Fsp3) is 0.944. The van der Waals surface area contributed by atoms with Crippen LogP contribution in [0.2, 0.25) is 0 Å². The van der Waals surface area contributed by atoms with E-state index in [1.54, 1.807) is 0 Å². The van der Waals surface area contributed by atoms with Crippen LogP contribution in [0, 0.1) is 0 Å². The van der Waals surface area contributed by atoms with E-state index in [1.807, 2.05) is 13.8 Å². The average Bonchev–Trinajstić information content (AvgIpc) is 2.43. The zero-order chi connectivity index (χ0) is 16.0. The highest BCUT2D eigenvalue weighted by atomic mass is 17.2. The summed E-state index contributed by atoms with van der Waals surface area (Å²) in [6, 6.07) is 0. The Bertz CT molecular complexity index is 249. The van der Waals surface area contributed by atoms with Gasteiger partial charge in [0.15, 0.2) is 0 Å². The highest BCUT2D eigenvalue weighted by Gasteiger charge is 2.20. The highest BCUT2D eigenvalue weighted by Crippen LogP contribution is 2.17. The Labute approximate surface area is 131 Å². The van der Waals surface area contributed by atoms with Gasteiger partial charge in [-0.3, -0.25) is 4.89 Å². The molecule has 0 radical (unpaired) electrons. The van der Waals surface area contributed by atoms with Crippen molar-refractivity contribution in [2.24, 2.45) is 0 Å². The van der Waals surface area contributed by atoms with Crippen LogP contribution in [0.3, 0.4) is 0 Å². The van der Waals surface area contributed by atoms with Gasteiger partial charge in [-0.1, -0.05) is 71.6 Å². The maximum atomic E-state index is 11.6. The van der Waals surface area contributed by atoms with E-state index in [1.165, 1.54) is 44.9 Å². The van der Waals surface area contributed by atoms with Crippen molar-refractivity contribution < 1.29 is 14.6 Å². The molecule has 0 N–H and O–H groups in total. The van der Waals surface area contributed by atoms with E-state index in [9.17, 15) is 4.79 Å². The molecule has 0 rings (SSSR count). The quantitative estimate of drug-likeness (QED) is 0.225. The van der Waals surface area contributed by atoms with Crippen molar-refractivity contribution in [3.63, 3.8) is 0 Å². The second-order valence-corrected chi connectivity index (χ2v) is 6.63. The van der Waals surface area contributed by atoms with Crippen LogP contribution in [0.5, 0.6) is 0 Å². The van der Waals surface area contributed by atoms with Gasteiger partial charge in [0.25, 0.3) is 0 Å². The fourth-order valence-corrected chi connectivity index (χ4v) is 2.42. The van der Waals surface area contributed by atoms with Crippen molar-refractivity contribution in [2.75, 3.05) is 0 Å². The van der Waals surface area contributed by atoms with Gasteiger partial charge in [0.1, 0.15) is 5.60 Å². The number of rotatable bonds is 14. The largest absolute Gasteiger partial charge is 0.342 e. The molecule has 0 saturated carbocycles. The van der Waals surface area contributed by atoms with Gasteiger partial charge in [-0.25, -0.2) is 4.79 Å². The summed E-state index contributed by atoms with van der Waals surface area (Å²) in [4.78, 5) is 21.7. The molecule has 0 spiro atoms. The lowest BCUT2D eigenvalue weighted by Crippen LogP contribution is -2.25. The van der Waals surface area contributed by atoms with Crippen LogP contribution in [0.15, 0.2) is 0 Å². The highest BCUT2D eigenvalue weighted by molar-refractivity contribution is 5.68. The van der Waals surface area contributed by atoms with Gasteiger partial charge < -0.3 is 0 Å². The maximum absolute atomic E-state index is 11.6. The van der Waals surface area contributed by atoms with E-state index in [0.29, 0.717) is 6.42 Å². The van der Waals surface area contributed by atoms with E-state index in [-0.39, 0.29) is 11.6 Å². The van der Waals surface area contributed by atoms with Crippen molar-refractivity contribution in [1.82, 2.24) is 0 Å². The van der Waals surface area contributed by atoms with Gasteiger partial charge in [0, 0.05) is 6.42 Å². The van der Waals surface area contributed by atoms with Crippen LogP contribution in [0.25, 0.3) is 0 Å². The molecule has 0 heterocycles. The first-order chi connectivity index (χ1) is 10.0. The summed E-state index contributed by atoms with van der Waals surface area (Å²) >= 11 is 0. The number of unbranched alkanes of at least 4 members (excludes halogenated alkanes) is 8. The molecule has 126 valence electrons. The summed E-state index contributed by atoms with van der Waals surface area (Å²) in [5.41, 5.74) is -0.372. The molecule has 0 unspecified atom stereocenters. The molecule has 0 aromatic carbocycles. The third kappa shape index (κ3) is 14.1. The predicted molar refractivity (Wildman–Crippen MR) is 88.0 cm³/mol. The first-order valence-electron chi connectivity index (χ1n) is 8.90. The van der Waals surface area contributed by atoms with E-state index in [0.717, 1.165) is 25.7 Å². The Kier molecular flexibility index (Phi) is 12.8. The molecule has 0 saturated heterocycles. The number of carbonyl (C=O) groups is 1. The van der Waals surface area contributed by atoms with Crippen molar-refractivity contribution in [3.05, 3.63) is 0 Å². The molecule has 0 amide bonds. The third-order valence-electron chi connectivity index (χ3n) is 3.70. The summed E-state index contributed by atoms with van der Waals surface area (Å²) in [7, 11) is 0. The van der Waals surface area contributed by atoms with Gasteiger partial charge in [0.05, 0.1) is 0 Å². The summed E-state index contributed by atoms with van der Waals surface area (Å²) in [6.45, 7) is 8.23. The molecule has 0 aliphatic heterocycles. The van der Waals surface area contributed by atoms with Crippen LogP contribution in [-0.2, 0) is 14.6 Å². The molecule has 0 bridgehead atoms. The SMILES string of the molecule is CCCCCCCCCCCC(=O)OOC(C)(C)CCC. The van der Waals surface area contributed by atoms with Crippen molar-refractivity contribution in [3.8, 4) is 0 Å². The number of carbonyl (C=O) groups excluding carboxylic acids is 1. The summed E-state index contributed by atoms with van der Waals surface area (Å²) < 4.78 is 0. The minimum Gasteiger partial charge on any atom is -0.298 e. The van der Waals surface area contributed by atoms with Crippen LogP contribution >= 0.6 is 0 Å². The predicted octanol–water partition coefficient (Wildman–Crippen LogP) is 5.96. The zero-order valence-corrected chi connectivity index (χ0v) is 14.7. The Balaban J connectivity index is 3.38. The normalized spacial score (nSPS) is 11.6. The lowest BCUT2D eigenvalue weighted by molar-refractivity contribution is -0.326. The maximum Gasteiger partial charge on any atom is 0.342 e. The fourth-order valence-electron chi connectivity index (χ4n) is 2.42. The molecule has 21 heavy (non-hydrogen) atoms. The van der Waals surface area contributed by atoms with Crippen LogP contribution in [0.1, 0.15) is 105 Å². The minimum atomic E-state index is -0.372. The smallest absolute Gasteiger partial charge is 0.298 e. The van der Waals surface area contributed by atoms with Gasteiger partial charge in [0.2, 0.25) is 0 Å². The molecule has 0 aromatic rings. The molecule has 3 heteroatoms. The van der Waals surface area contributed by atoms with Crippen molar-refractivity contribution >= 4 is 5.97 Å². The lowest BCUT2D eigenvalue weighted by atomic mass is 10.0. The zero-order valence-electron chi connectivity index (χ0n) is 14.7. The topological polar surface area (TPSA) is 35.5 Å². The Morgan fingerprint density at radius 1 is 0.810 bits per heavy atom. The van der Waals surface area contributed by atoms with Gasteiger partial charge in [-0.05, 0) is 26.7 Å². The molecule has 0 aliphatic rings. The van der Waals surface area contributed by atoms with E-state index in [2.05, 4.69) is 13.8 Å². The van der Waals surface area contributed by atoms with Crippen LogP contribution in [0.4, 0.5) is 0 Å². The second-order valence-electron chi connectivity index (χ2n) is 6.63. The Morgan fingerprint density at radius 2 is 1.33 bits per heavy atom. The van der Waals surface area contributed by atoms with Crippen LogP contribution in [-0.4, -0.2) is 11.6 Å². The van der Waals surface area contributed by atoms with Crippen molar-refractivity contribution in [1.29, 1.82) is 0 Å². The van der Waals surface area contributed by atoms with Gasteiger partial charge >= 0.3 is 5.97 Å². The van der Waals surface area contributed by atoms with Crippen molar-refractivity contribution in [2.45, 2.75) is 110 Å². The molecule has 3 nitrogen and oxygen atoms in total. The summed E-state index contributed by atoms with van der Waals surface area (Å²) in [6.07, 6.45) is 13.6. The first kappa shape index (κ1) is 20.4. The van der Waals surface area contributed by atoms with Gasteiger partial charge in [-0.15, -0.1) is 0 Å². The Hall–Kier alpha value is -0.570. The van der Waals surface area contributed by atoms with Crippen LogP contribution < -0.4 is 0 Å². The lowest BCUT2D eigenvalue weighted by Gasteiger charge is -2.21. The average molecular weight is 300 g/mol. The summed E-state index contributed by atoms with van der Waals surface area (Å²) in [5.74, 6) is -0.234. The number of hydrogen-bond acceptors (Lipinski definition) is 3. The van der Waals surface area contributed by atoms with E-state index < -0.39 is 0 Å². The third-order valence-corrected chi connectivity index (χ3v) is 3.70. The summed E-state index contributed by atoms with van der Waals surface area (Å²) in [5, 5.41) is 0. The van der Waals surface area contributed by atoms with E-state index in [4.69, 9.17) is 9.78 Å². The molecule has 0 fully saturated rings. The Morgan fingerprint density at radius 3 is 1.86 bits per heavy atom. The second kappa shape index (κ2) is 13.1. The van der Waals surface area contributed by atoms with Gasteiger partial charge in [-0.2, -0.15) is 4.89 Å². The first-order valence-corrected chi connectivity index (χ1v) is 8.90. The number of hydrogen-bond donors (Lipinski definition) is 0. The minimum absolute atomic E-state index is 0.234. The standard InChI is InChI=1S/C18H36O3/c1-5-7-8-9-10-11-12-13-14-15-17(19)20-21-18(3,4)16-6-2/h5-16H2,1-4H3.